The van der Waals surface area contributed by atoms with Gasteiger partial charge >= 0.3 is 0 Å². The van der Waals surface area contributed by atoms with Gasteiger partial charge in [-0.2, -0.15) is 0 Å². The Balaban J connectivity index is 1.68. The van der Waals surface area contributed by atoms with Gasteiger partial charge in [0, 0.05) is 48.0 Å². The second-order valence-corrected chi connectivity index (χ2v) is 8.70. The first-order valence-electron chi connectivity index (χ1n) is 11.0. The minimum Gasteiger partial charge on any atom is -0.387 e. The Kier molecular flexibility index (Phi) is 6.35. The quantitative estimate of drug-likeness (QED) is 0.499. The Bertz CT molecular complexity index is 1150. The van der Waals surface area contributed by atoms with E-state index in [1.807, 2.05) is 25.9 Å². The number of anilines is 2. The Labute approximate surface area is 192 Å². The van der Waals surface area contributed by atoms with Gasteiger partial charge in [-0.25, -0.2) is 0 Å². The van der Waals surface area contributed by atoms with Crippen molar-refractivity contribution in [3.8, 4) is 0 Å². The lowest BCUT2D eigenvalue weighted by Gasteiger charge is -2.23. The van der Waals surface area contributed by atoms with Crippen molar-refractivity contribution in [3.63, 3.8) is 0 Å². The molecule has 0 aliphatic carbocycles. The molecule has 4 rings (SSSR count). The number of aliphatic hydroxyl groups excluding tert-OH is 1. The smallest absolute Gasteiger partial charge is 0.256 e. The number of likely N-dealkylation sites (N-methyl/N-ethyl adjacent to an activating group) is 1. The van der Waals surface area contributed by atoms with Crippen molar-refractivity contribution in [2.45, 2.75) is 19.8 Å². The molecule has 0 bridgehead atoms. The summed E-state index contributed by atoms with van der Waals surface area (Å²) in [6, 6.07) is 5.08. The molecule has 9 nitrogen and oxygen atoms in total. The number of aryl methyl sites for hydroxylation is 1. The Morgan fingerprint density at radius 2 is 2.09 bits per heavy atom. The number of nitrogens with zero attached hydrogens (tertiary/aromatic N) is 2. The Morgan fingerprint density at radius 1 is 1.30 bits per heavy atom. The molecule has 0 spiro atoms. The summed E-state index contributed by atoms with van der Waals surface area (Å²) in [4.78, 5) is 44.9. The fourth-order valence-electron chi connectivity index (χ4n) is 4.30. The number of aromatic nitrogens is 1. The lowest BCUT2D eigenvalue weighted by Crippen LogP contribution is -2.36. The van der Waals surface area contributed by atoms with E-state index >= 15 is 0 Å². The maximum Gasteiger partial charge on any atom is 0.256 e. The van der Waals surface area contributed by atoms with Crippen LogP contribution in [0.5, 0.6) is 0 Å². The molecule has 3 heterocycles. The molecule has 0 saturated carbocycles. The predicted molar refractivity (Wildman–Crippen MR) is 127 cm³/mol. The van der Waals surface area contributed by atoms with E-state index in [9.17, 15) is 14.4 Å². The van der Waals surface area contributed by atoms with Crippen LogP contribution >= 0.6 is 0 Å². The molecule has 0 radical (unpaired) electrons. The van der Waals surface area contributed by atoms with Crippen molar-refractivity contribution < 1.29 is 19.5 Å². The lowest BCUT2D eigenvalue weighted by atomic mass is 10.0. The number of hydrogen-bond donors (Lipinski definition) is 4. The van der Waals surface area contributed by atoms with Gasteiger partial charge in [0.1, 0.15) is 6.61 Å². The summed E-state index contributed by atoms with van der Waals surface area (Å²) in [5, 5.41) is 14.4. The molecule has 2 aliphatic heterocycles. The zero-order valence-electron chi connectivity index (χ0n) is 19.1. The summed E-state index contributed by atoms with van der Waals surface area (Å²) >= 11 is 0. The minimum atomic E-state index is -0.621. The number of benzene rings is 1. The second-order valence-electron chi connectivity index (χ2n) is 8.70. The SMILES string of the molecule is Cc1c(/C=C2\C(=O)Nc3ccc(NC(=O)CO)cc32)[nH]c2c1C(=O)N(CCN(C)C)CCC2. The molecule has 1 aromatic carbocycles. The zero-order valence-corrected chi connectivity index (χ0v) is 19.1. The van der Waals surface area contributed by atoms with Crippen LogP contribution in [0.2, 0.25) is 0 Å². The third-order valence-corrected chi connectivity index (χ3v) is 6.06. The van der Waals surface area contributed by atoms with Crippen LogP contribution in [0.4, 0.5) is 11.4 Å². The highest BCUT2D eigenvalue weighted by Gasteiger charge is 2.29. The van der Waals surface area contributed by atoms with Crippen LogP contribution in [0.1, 0.15) is 39.3 Å². The van der Waals surface area contributed by atoms with E-state index in [0.717, 1.165) is 42.9 Å². The molecule has 174 valence electrons. The van der Waals surface area contributed by atoms with E-state index in [1.165, 1.54) is 0 Å². The standard InChI is InChI=1S/C24H29N5O4/c1-14-20(26-19-5-4-8-29(10-9-28(2)3)24(33)22(14)19)12-17-16-11-15(25-21(31)13-30)6-7-18(16)27-23(17)32/h6-7,11-12,26,30H,4-5,8-10,13H2,1-3H3,(H,25,31)(H,27,32)/b17-12-. The van der Waals surface area contributed by atoms with E-state index in [-0.39, 0.29) is 11.8 Å². The van der Waals surface area contributed by atoms with Gasteiger partial charge in [-0.3, -0.25) is 14.4 Å². The molecule has 33 heavy (non-hydrogen) atoms. The van der Waals surface area contributed by atoms with Crippen molar-refractivity contribution in [1.82, 2.24) is 14.8 Å². The number of amides is 3. The van der Waals surface area contributed by atoms with Gasteiger partial charge < -0.3 is 30.5 Å². The van der Waals surface area contributed by atoms with Gasteiger partial charge in [0.05, 0.1) is 11.1 Å². The highest BCUT2D eigenvalue weighted by molar-refractivity contribution is 6.35. The second kappa shape index (κ2) is 9.21. The van der Waals surface area contributed by atoms with Crippen LogP contribution in [0.15, 0.2) is 18.2 Å². The first-order chi connectivity index (χ1) is 15.8. The maximum atomic E-state index is 13.3. The number of nitrogens with one attached hydrogen (secondary N) is 3. The predicted octanol–water partition coefficient (Wildman–Crippen LogP) is 1.70. The molecule has 2 aromatic rings. The van der Waals surface area contributed by atoms with Crippen molar-refractivity contribution in [2.75, 3.05) is 51.0 Å². The molecule has 9 heteroatoms. The lowest BCUT2D eigenvalue weighted by molar-refractivity contribution is -0.118. The number of aromatic amines is 1. The number of aliphatic hydroxyl groups is 1. The van der Waals surface area contributed by atoms with Crippen molar-refractivity contribution >= 4 is 40.7 Å². The Hall–Kier alpha value is -3.43. The summed E-state index contributed by atoms with van der Waals surface area (Å²) in [7, 11) is 3.98. The number of H-pyrrole nitrogens is 1. The normalized spacial score (nSPS) is 16.6. The van der Waals surface area contributed by atoms with E-state index in [2.05, 4.69) is 20.5 Å². The molecule has 0 atom stereocenters. The molecular weight excluding hydrogens is 422 g/mol. The van der Waals surface area contributed by atoms with E-state index in [4.69, 9.17) is 5.11 Å². The number of hydrogen-bond acceptors (Lipinski definition) is 5. The Morgan fingerprint density at radius 3 is 2.82 bits per heavy atom. The fourth-order valence-corrected chi connectivity index (χ4v) is 4.30. The van der Waals surface area contributed by atoms with Crippen molar-refractivity contribution in [1.29, 1.82) is 0 Å². The molecule has 4 N–H and O–H groups in total. The van der Waals surface area contributed by atoms with Gasteiger partial charge in [-0.1, -0.05) is 0 Å². The van der Waals surface area contributed by atoms with Crippen LogP contribution in [0.25, 0.3) is 11.6 Å². The summed E-state index contributed by atoms with van der Waals surface area (Å²) in [6.45, 7) is 3.48. The van der Waals surface area contributed by atoms with Gasteiger partial charge in [-0.05, 0) is 63.7 Å². The third-order valence-electron chi connectivity index (χ3n) is 6.06. The average molecular weight is 452 g/mol. The van der Waals surface area contributed by atoms with Gasteiger partial charge in [-0.15, -0.1) is 0 Å². The van der Waals surface area contributed by atoms with Crippen molar-refractivity contribution in [3.05, 3.63) is 46.3 Å². The van der Waals surface area contributed by atoms with E-state index in [1.54, 1.807) is 24.3 Å². The summed E-state index contributed by atoms with van der Waals surface area (Å²) < 4.78 is 0. The number of rotatable bonds is 6. The molecule has 1 aromatic heterocycles. The zero-order chi connectivity index (χ0) is 23.7. The highest BCUT2D eigenvalue weighted by atomic mass is 16.3. The van der Waals surface area contributed by atoms with Crippen LogP contribution in [0.3, 0.4) is 0 Å². The summed E-state index contributed by atoms with van der Waals surface area (Å²) in [5.74, 6) is -0.758. The molecule has 0 saturated heterocycles. The molecule has 0 unspecified atom stereocenters. The molecule has 0 fully saturated rings. The molecule has 2 aliphatic rings. The highest BCUT2D eigenvalue weighted by Crippen LogP contribution is 2.36. The van der Waals surface area contributed by atoms with E-state index in [0.29, 0.717) is 34.6 Å². The minimum absolute atomic E-state index is 0.0213. The first-order valence-corrected chi connectivity index (χ1v) is 11.0. The topological polar surface area (TPSA) is 118 Å². The summed E-state index contributed by atoms with van der Waals surface area (Å²) in [6.07, 6.45) is 3.41. The number of fused-ring (bicyclic) bond motifs is 2. The van der Waals surface area contributed by atoms with Crippen molar-refractivity contribution in [2.24, 2.45) is 0 Å². The van der Waals surface area contributed by atoms with Gasteiger partial charge in [0.25, 0.3) is 11.8 Å². The van der Waals surface area contributed by atoms with Crippen LogP contribution in [0, 0.1) is 6.92 Å². The largest absolute Gasteiger partial charge is 0.387 e. The molecule has 3 amide bonds. The summed E-state index contributed by atoms with van der Waals surface area (Å²) in [5.41, 5.74) is 5.38. The van der Waals surface area contributed by atoms with E-state index < -0.39 is 12.5 Å². The van der Waals surface area contributed by atoms with Gasteiger partial charge in [0.2, 0.25) is 5.91 Å². The number of carbonyl (C=O) groups excluding carboxylic acids is 3. The van der Waals surface area contributed by atoms with Crippen LogP contribution < -0.4 is 10.6 Å². The molecular formula is C24H29N5O4. The van der Waals surface area contributed by atoms with Gasteiger partial charge in [0.15, 0.2) is 0 Å². The first kappa shape index (κ1) is 22.8. The monoisotopic (exact) mass is 451 g/mol. The average Bonchev–Trinajstić information content (AvgIpc) is 3.19. The maximum absolute atomic E-state index is 13.3. The van der Waals surface area contributed by atoms with Crippen LogP contribution in [-0.2, 0) is 16.0 Å². The third kappa shape index (κ3) is 4.55. The number of carbonyl (C=O) groups is 3. The fraction of sp³-hybridized carbons (Fsp3) is 0.375. The van der Waals surface area contributed by atoms with Crippen LogP contribution in [-0.4, -0.2) is 77.9 Å².